The number of pyridine rings is 1. The van der Waals surface area contributed by atoms with E-state index in [1.54, 1.807) is 32.3 Å². The van der Waals surface area contributed by atoms with Crippen LogP contribution >= 0.6 is 0 Å². The highest BCUT2D eigenvalue weighted by molar-refractivity contribution is 7.90. The van der Waals surface area contributed by atoms with E-state index < -0.39 is 15.9 Å². The second-order valence-corrected chi connectivity index (χ2v) is 7.87. The van der Waals surface area contributed by atoms with Crippen molar-refractivity contribution in [1.82, 2.24) is 9.71 Å². The van der Waals surface area contributed by atoms with Crippen molar-refractivity contribution in [2.24, 2.45) is 5.92 Å². The third kappa shape index (κ3) is 3.37. The van der Waals surface area contributed by atoms with Crippen molar-refractivity contribution >= 4 is 15.9 Å². The van der Waals surface area contributed by atoms with Crippen LogP contribution < -0.4 is 9.46 Å². The van der Waals surface area contributed by atoms with E-state index in [1.807, 2.05) is 12.1 Å². The molecule has 1 aliphatic rings. The van der Waals surface area contributed by atoms with Gasteiger partial charge in [-0.2, -0.15) is 0 Å². The van der Waals surface area contributed by atoms with Gasteiger partial charge in [0.15, 0.2) is 0 Å². The minimum absolute atomic E-state index is 0.0302. The first-order chi connectivity index (χ1) is 11.8. The van der Waals surface area contributed by atoms with Crippen molar-refractivity contribution in [2.45, 2.75) is 31.1 Å². The number of ether oxygens (including phenoxy) is 1. The fourth-order valence-corrected chi connectivity index (χ4v) is 4.32. The number of hydrogen-bond donors (Lipinski definition) is 1. The molecule has 0 saturated heterocycles. The molecule has 25 heavy (non-hydrogen) atoms. The summed E-state index contributed by atoms with van der Waals surface area (Å²) in [5, 5.41) is 0. The molecule has 1 amide bonds. The molecule has 1 fully saturated rings. The normalized spacial score (nSPS) is 19.3. The molecule has 7 heteroatoms. The van der Waals surface area contributed by atoms with Gasteiger partial charge < -0.3 is 4.74 Å². The summed E-state index contributed by atoms with van der Waals surface area (Å²) in [5.41, 5.74) is 2.26. The maximum Gasteiger partial charge on any atom is 0.264 e. The highest BCUT2D eigenvalue weighted by Gasteiger charge is 2.45. The minimum Gasteiger partial charge on any atom is -0.496 e. The SMILES string of the molecule is COc1ccc(S(=O)(=O)NC(=O)C2CC2c2cccnc2)c(C)c1C. The molecule has 0 spiro atoms. The molecule has 2 atom stereocenters. The van der Waals surface area contributed by atoms with E-state index >= 15 is 0 Å². The van der Waals surface area contributed by atoms with Gasteiger partial charge in [0.25, 0.3) is 10.0 Å². The number of hydrogen-bond acceptors (Lipinski definition) is 5. The van der Waals surface area contributed by atoms with Crippen LogP contribution in [0.4, 0.5) is 0 Å². The summed E-state index contributed by atoms with van der Waals surface area (Å²) >= 11 is 0. The van der Waals surface area contributed by atoms with Crippen LogP contribution in [0.15, 0.2) is 41.6 Å². The minimum atomic E-state index is -3.92. The summed E-state index contributed by atoms with van der Waals surface area (Å²) in [6, 6.07) is 6.76. The van der Waals surface area contributed by atoms with Crippen LogP contribution in [0.3, 0.4) is 0 Å². The fraction of sp³-hybridized carbons (Fsp3) is 0.333. The molecule has 1 heterocycles. The van der Waals surface area contributed by atoms with Gasteiger partial charge in [0.2, 0.25) is 5.91 Å². The van der Waals surface area contributed by atoms with Gasteiger partial charge in [0.05, 0.1) is 12.0 Å². The van der Waals surface area contributed by atoms with Gasteiger partial charge in [-0.3, -0.25) is 9.78 Å². The van der Waals surface area contributed by atoms with Crippen LogP contribution in [0, 0.1) is 19.8 Å². The van der Waals surface area contributed by atoms with Gasteiger partial charge in [-0.25, -0.2) is 13.1 Å². The van der Waals surface area contributed by atoms with Gasteiger partial charge in [-0.15, -0.1) is 0 Å². The van der Waals surface area contributed by atoms with Crippen LogP contribution in [0.1, 0.15) is 29.0 Å². The highest BCUT2D eigenvalue weighted by Crippen LogP contribution is 2.47. The molecule has 2 unspecified atom stereocenters. The summed E-state index contributed by atoms with van der Waals surface area (Å²) in [5.74, 6) is -0.162. The molecule has 0 radical (unpaired) electrons. The first-order valence-corrected chi connectivity index (χ1v) is 9.44. The summed E-state index contributed by atoms with van der Waals surface area (Å²) in [6.07, 6.45) is 4.01. The maximum atomic E-state index is 12.6. The average molecular weight is 360 g/mol. The number of carbonyl (C=O) groups is 1. The molecule has 0 aliphatic heterocycles. The molecule has 6 nitrogen and oxygen atoms in total. The molecule has 1 aliphatic carbocycles. The first-order valence-electron chi connectivity index (χ1n) is 7.96. The third-order valence-electron chi connectivity index (χ3n) is 4.67. The van der Waals surface area contributed by atoms with Crippen LogP contribution in [-0.2, 0) is 14.8 Å². The monoisotopic (exact) mass is 360 g/mol. The molecular formula is C18H20N2O4S. The van der Waals surface area contributed by atoms with E-state index in [4.69, 9.17) is 4.74 Å². The number of nitrogens with one attached hydrogen (secondary N) is 1. The van der Waals surface area contributed by atoms with Crippen molar-refractivity contribution in [3.63, 3.8) is 0 Å². The van der Waals surface area contributed by atoms with Crippen molar-refractivity contribution in [1.29, 1.82) is 0 Å². The Bertz CT molecular complexity index is 910. The fourth-order valence-electron chi connectivity index (χ4n) is 2.99. The van der Waals surface area contributed by atoms with Crippen LogP contribution in [-0.4, -0.2) is 26.4 Å². The molecule has 132 valence electrons. The molecule has 3 rings (SSSR count). The zero-order valence-electron chi connectivity index (χ0n) is 14.3. The number of rotatable bonds is 5. The zero-order valence-corrected chi connectivity index (χ0v) is 15.1. The van der Waals surface area contributed by atoms with Crippen LogP contribution in [0.5, 0.6) is 5.75 Å². The van der Waals surface area contributed by atoms with Gasteiger partial charge in [0.1, 0.15) is 5.75 Å². The van der Waals surface area contributed by atoms with Crippen LogP contribution in [0.2, 0.25) is 0 Å². The summed E-state index contributed by atoms with van der Waals surface area (Å²) < 4.78 is 32.6. The molecule has 1 aromatic carbocycles. The zero-order chi connectivity index (χ0) is 18.2. The first kappa shape index (κ1) is 17.4. The van der Waals surface area contributed by atoms with Gasteiger partial charge in [-0.05, 0) is 61.1 Å². The number of amides is 1. The smallest absolute Gasteiger partial charge is 0.264 e. The molecule has 2 aromatic rings. The molecule has 1 aromatic heterocycles. The Hall–Kier alpha value is -2.41. The Balaban J connectivity index is 1.77. The topological polar surface area (TPSA) is 85.4 Å². The summed E-state index contributed by atoms with van der Waals surface area (Å²) in [4.78, 5) is 16.5. The second kappa shape index (κ2) is 6.48. The van der Waals surface area contributed by atoms with E-state index in [0.29, 0.717) is 17.7 Å². The van der Waals surface area contributed by atoms with Crippen LogP contribution in [0.25, 0.3) is 0 Å². The van der Waals surface area contributed by atoms with Crippen molar-refractivity contribution in [3.05, 3.63) is 53.3 Å². The lowest BCUT2D eigenvalue weighted by atomic mass is 10.1. The standard InChI is InChI=1S/C18H20N2O4S/c1-11-12(2)17(7-6-16(11)24-3)25(22,23)20-18(21)15-9-14(15)13-5-4-8-19-10-13/h4-8,10,14-15H,9H2,1-3H3,(H,20,21). The third-order valence-corrected chi connectivity index (χ3v) is 6.16. The van der Waals surface area contributed by atoms with E-state index in [2.05, 4.69) is 9.71 Å². The predicted octanol–water partition coefficient (Wildman–Crippen LogP) is 2.32. The summed E-state index contributed by atoms with van der Waals surface area (Å²) in [6.45, 7) is 3.49. The Morgan fingerprint density at radius 3 is 2.64 bits per heavy atom. The van der Waals surface area contributed by atoms with Gasteiger partial charge in [-0.1, -0.05) is 6.07 Å². The van der Waals surface area contributed by atoms with Crippen molar-refractivity contribution in [3.8, 4) is 5.75 Å². The average Bonchev–Trinajstić information content (AvgIpc) is 3.38. The van der Waals surface area contributed by atoms with Gasteiger partial charge in [0, 0.05) is 18.3 Å². The molecule has 1 N–H and O–H groups in total. The molecular weight excluding hydrogens is 340 g/mol. The molecule has 0 bridgehead atoms. The van der Waals surface area contributed by atoms with Gasteiger partial charge >= 0.3 is 0 Å². The second-order valence-electron chi connectivity index (χ2n) is 6.22. The Morgan fingerprint density at radius 2 is 2.00 bits per heavy atom. The largest absolute Gasteiger partial charge is 0.496 e. The number of aromatic nitrogens is 1. The number of carbonyl (C=O) groups excluding carboxylic acids is 1. The lowest BCUT2D eigenvalue weighted by Gasteiger charge is -2.13. The quantitative estimate of drug-likeness (QED) is 0.884. The lowest BCUT2D eigenvalue weighted by molar-refractivity contribution is -0.120. The maximum absolute atomic E-state index is 12.6. The van der Waals surface area contributed by atoms with E-state index in [-0.39, 0.29) is 16.7 Å². The number of benzene rings is 1. The summed E-state index contributed by atoms with van der Waals surface area (Å²) in [7, 11) is -2.39. The number of sulfonamides is 1. The molecule has 1 saturated carbocycles. The number of nitrogens with zero attached hydrogens (tertiary/aromatic N) is 1. The number of methoxy groups -OCH3 is 1. The Kier molecular flexibility index (Phi) is 4.51. The van der Waals surface area contributed by atoms with E-state index in [1.165, 1.54) is 13.2 Å². The Labute approximate surface area is 147 Å². The van der Waals surface area contributed by atoms with E-state index in [0.717, 1.165) is 11.1 Å². The lowest BCUT2D eigenvalue weighted by Crippen LogP contribution is -2.32. The van der Waals surface area contributed by atoms with E-state index in [9.17, 15) is 13.2 Å². The van der Waals surface area contributed by atoms with Crippen molar-refractivity contribution in [2.75, 3.05) is 7.11 Å². The predicted molar refractivity (Wildman–Crippen MR) is 92.9 cm³/mol. The highest BCUT2D eigenvalue weighted by atomic mass is 32.2. The van der Waals surface area contributed by atoms with Crippen molar-refractivity contribution < 1.29 is 17.9 Å². The Morgan fingerprint density at radius 1 is 1.24 bits per heavy atom.